The van der Waals surface area contributed by atoms with E-state index in [1.54, 1.807) is 12.1 Å². The second kappa shape index (κ2) is 6.65. The Bertz CT molecular complexity index is 520. The topological polar surface area (TPSA) is 50.4 Å². The highest BCUT2D eigenvalue weighted by atomic mass is 19.1. The Balaban J connectivity index is 1.47. The van der Waals surface area contributed by atoms with Crippen molar-refractivity contribution in [2.75, 3.05) is 26.2 Å². The van der Waals surface area contributed by atoms with E-state index in [1.165, 1.54) is 18.6 Å². The van der Waals surface area contributed by atoms with E-state index in [0.717, 1.165) is 32.4 Å². The Morgan fingerprint density at radius 1 is 1.36 bits per heavy atom. The van der Waals surface area contributed by atoms with E-state index in [-0.39, 0.29) is 17.1 Å². The summed E-state index contributed by atoms with van der Waals surface area (Å²) in [5.41, 5.74) is -0.214. The minimum absolute atomic E-state index is 0.157. The number of rotatable bonds is 5. The van der Waals surface area contributed by atoms with E-state index in [9.17, 15) is 9.18 Å². The SMILES string of the molecule is O=C(NCCOc1ccc(F)cc1)[C@@]12CCCC[C@H]1CNC2. The Kier molecular flexibility index (Phi) is 4.62. The molecule has 0 aromatic heterocycles. The van der Waals surface area contributed by atoms with Crippen molar-refractivity contribution in [1.82, 2.24) is 10.6 Å². The highest BCUT2D eigenvalue weighted by molar-refractivity contribution is 5.83. The average Bonchev–Trinajstić information content (AvgIpc) is 2.98. The smallest absolute Gasteiger partial charge is 0.227 e. The molecule has 1 amide bonds. The summed E-state index contributed by atoms with van der Waals surface area (Å²) >= 11 is 0. The second-order valence-corrected chi connectivity index (χ2v) is 6.29. The molecule has 1 aromatic carbocycles. The molecule has 0 radical (unpaired) electrons. The van der Waals surface area contributed by atoms with Crippen LogP contribution in [0.2, 0.25) is 0 Å². The van der Waals surface area contributed by atoms with E-state index in [1.807, 2.05) is 0 Å². The van der Waals surface area contributed by atoms with Gasteiger partial charge in [-0.2, -0.15) is 0 Å². The predicted molar refractivity (Wildman–Crippen MR) is 82.2 cm³/mol. The molecule has 5 heteroatoms. The number of benzene rings is 1. The highest BCUT2D eigenvalue weighted by Gasteiger charge is 2.49. The molecule has 1 aliphatic heterocycles. The fraction of sp³-hybridized carbons (Fsp3) is 0.588. The van der Waals surface area contributed by atoms with Crippen LogP contribution in [0.25, 0.3) is 0 Å². The van der Waals surface area contributed by atoms with Gasteiger partial charge in [-0.3, -0.25) is 4.79 Å². The first-order valence-electron chi connectivity index (χ1n) is 8.08. The van der Waals surface area contributed by atoms with Crippen LogP contribution in [0, 0.1) is 17.2 Å². The van der Waals surface area contributed by atoms with Crippen LogP contribution in [0.5, 0.6) is 5.75 Å². The third kappa shape index (κ3) is 3.09. The normalized spacial score (nSPS) is 27.2. The van der Waals surface area contributed by atoms with Crippen molar-refractivity contribution >= 4 is 5.91 Å². The summed E-state index contributed by atoms with van der Waals surface area (Å²) < 4.78 is 18.3. The zero-order valence-electron chi connectivity index (χ0n) is 12.7. The Labute approximate surface area is 130 Å². The van der Waals surface area contributed by atoms with Crippen LogP contribution in [0.15, 0.2) is 24.3 Å². The van der Waals surface area contributed by atoms with Crippen LogP contribution in [-0.4, -0.2) is 32.1 Å². The van der Waals surface area contributed by atoms with Crippen molar-refractivity contribution in [3.05, 3.63) is 30.1 Å². The van der Waals surface area contributed by atoms with E-state index >= 15 is 0 Å². The van der Waals surface area contributed by atoms with Gasteiger partial charge in [0.15, 0.2) is 0 Å². The van der Waals surface area contributed by atoms with Gasteiger partial charge in [0.05, 0.1) is 12.0 Å². The third-order valence-electron chi connectivity index (χ3n) is 4.96. The molecule has 0 spiro atoms. The second-order valence-electron chi connectivity index (χ2n) is 6.29. The van der Waals surface area contributed by atoms with Gasteiger partial charge >= 0.3 is 0 Å². The number of nitrogens with one attached hydrogen (secondary N) is 2. The maximum Gasteiger partial charge on any atom is 0.227 e. The fourth-order valence-electron chi connectivity index (χ4n) is 3.73. The van der Waals surface area contributed by atoms with Crippen LogP contribution in [0.1, 0.15) is 25.7 Å². The zero-order valence-corrected chi connectivity index (χ0v) is 12.7. The lowest BCUT2D eigenvalue weighted by Crippen LogP contribution is -2.48. The fourth-order valence-corrected chi connectivity index (χ4v) is 3.73. The molecule has 1 aliphatic carbocycles. The van der Waals surface area contributed by atoms with Gasteiger partial charge < -0.3 is 15.4 Å². The minimum Gasteiger partial charge on any atom is -0.492 e. The Morgan fingerprint density at radius 3 is 3.00 bits per heavy atom. The van der Waals surface area contributed by atoms with Gasteiger partial charge in [0.25, 0.3) is 0 Å². The predicted octanol–water partition coefficient (Wildman–Crippen LogP) is 2.10. The summed E-state index contributed by atoms with van der Waals surface area (Å²) in [6.45, 7) is 2.62. The van der Waals surface area contributed by atoms with Crippen LogP contribution >= 0.6 is 0 Å². The van der Waals surface area contributed by atoms with Gasteiger partial charge in [-0.15, -0.1) is 0 Å². The molecule has 3 rings (SSSR count). The summed E-state index contributed by atoms with van der Waals surface area (Å²) in [6, 6.07) is 5.91. The number of halogens is 1. The summed E-state index contributed by atoms with van der Waals surface area (Å²) in [7, 11) is 0. The number of hydrogen-bond acceptors (Lipinski definition) is 3. The molecule has 0 bridgehead atoms. The largest absolute Gasteiger partial charge is 0.492 e. The van der Waals surface area contributed by atoms with E-state index in [0.29, 0.717) is 24.8 Å². The Hall–Kier alpha value is -1.62. The number of ether oxygens (including phenoxy) is 1. The van der Waals surface area contributed by atoms with Crippen LogP contribution in [0.4, 0.5) is 4.39 Å². The van der Waals surface area contributed by atoms with Crippen LogP contribution in [-0.2, 0) is 4.79 Å². The maximum absolute atomic E-state index is 12.8. The third-order valence-corrected chi connectivity index (χ3v) is 4.96. The molecule has 1 aromatic rings. The van der Waals surface area contributed by atoms with Crippen LogP contribution < -0.4 is 15.4 Å². The van der Waals surface area contributed by atoms with Gasteiger partial charge in [-0.05, 0) is 49.6 Å². The first kappa shape index (κ1) is 15.3. The van der Waals surface area contributed by atoms with Gasteiger partial charge in [0.1, 0.15) is 18.2 Å². The monoisotopic (exact) mass is 306 g/mol. The van der Waals surface area contributed by atoms with Crippen molar-refractivity contribution in [3.63, 3.8) is 0 Å². The van der Waals surface area contributed by atoms with Crippen LogP contribution in [0.3, 0.4) is 0 Å². The lowest BCUT2D eigenvalue weighted by atomic mass is 9.67. The molecule has 1 saturated carbocycles. The maximum atomic E-state index is 12.8. The summed E-state index contributed by atoms with van der Waals surface area (Å²) in [5, 5.41) is 6.40. The minimum atomic E-state index is -0.281. The van der Waals surface area contributed by atoms with Crippen molar-refractivity contribution in [3.8, 4) is 5.75 Å². The first-order chi connectivity index (χ1) is 10.7. The number of fused-ring (bicyclic) bond motifs is 1. The van der Waals surface area contributed by atoms with Crippen molar-refractivity contribution in [2.24, 2.45) is 11.3 Å². The van der Waals surface area contributed by atoms with E-state index in [2.05, 4.69) is 10.6 Å². The highest BCUT2D eigenvalue weighted by Crippen LogP contribution is 2.43. The Morgan fingerprint density at radius 2 is 2.18 bits per heavy atom. The average molecular weight is 306 g/mol. The lowest BCUT2D eigenvalue weighted by molar-refractivity contribution is -0.134. The summed E-state index contributed by atoms with van der Waals surface area (Å²) in [6.07, 6.45) is 4.49. The molecule has 120 valence electrons. The van der Waals surface area contributed by atoms with Gasteiger partial charge in [-0.1, -0.05) is 12.8 Å². The molecule has 2 aliphatic rings. The molecule has 2 N–H and O–H groups in total. The lowest BCUT2D eigenvalue weighted by Gasteiger charge is -2.37. The van der Waals surface area contributed by atoms with Gasteiger partial charge in [0, 0.05) is 6.54 Å². The first-order valence-corrected chi connectivity index (χ1v) is 8.08. The molecule has 2 atom stereocenters. The molecule has 22 heavy (non-hydrogen) atoms. The summed E-state index contributed by atoms with van der Waals surface area (Å²) in [5.74, 6) is 0.966. The molecular formula is C17H23FN2O2. The van der Waals surface area contributed by atoms with Gasteiger partial charge in [0.2, 0.25) is 5.91 Å². The molecule has 0 unspecified atom stereocenters. The zero-order chi connectivity index (χ0) is 15.4. The van der Waals surface area contributed by atoms with E-state index < -0.39 is 0 Å². The number of hydrogen-bond donors (Lipinski definition) is 2. The van der Waals surface area contributed by atoms with E-state index in [4.69, 9.17) is 4.74 Å². The van der Waals surface area contributed by atoms with Gasteiger partial charge in [-0.25, -0.2) is 4.39 Å². The molecule has 2 fully saturated rings. The molecule has 1 heterocycles. The number of carbonyl (C=O) groups excluding carboxylic acids is 1. The standard InChI is InChI=1S/C17H23FN2O2/c18-14-4-6-15(7-5-14)22-10-9-20-16(21)17-8-2-1-3-13(17)11-19-12-17/h4-7,13,19H,1-3,8-12H2,(H,20,21)/t13-,17+/m0/s1. The van der Waals surface area contributed by atoms with Crippen molar-refractivity contribution in [2.45, 2.75) is 25.7 Å². The van der Waals surface area contributed by atoms with Crippen molar-refractivity contribution in [1.29, 1.82) is 0 Å². The molecule has 4 nitrogen and oxygen atoms in total. The van der Waals surface area contributed by atoms with Crippen molar-refractivity contribution < 1.29 is 13.9 Å². The quantitative estimate of drug-likeness (QED) is 0.819. The molecule has 1 saturated heterocycles. The number of carbonyl (C=O) groups is 1. The molecular weight excluding hydrogens is 283 g/mol. The summed E-state index contributed by atoms with van der Waals surface area (Å²) in [4.78, 5) is 12.6. The number of amides is 1.